The van der Waals surface area contributed by atoms with Crippen molar-refractivity contribution in [1.29, 1.82) is 5.26 Å². The molecule has 5 heteroatoms. The Bertz CT molecular complexity index is 667. The van der Waals surface area contributed by atoms with Crippen molar-refractivity contribution in [2.75, 3.05) is 6.61 Å². The molecule has 0 spiro atoms. The highest BCUT2D eigenvalue weighted by molar-refractivity contribution is 5.98. The number of esters is 1. The van der Waals surface area contributed by atoms with Crippen molar-refractivity contribution in [3.63, 3.8) is 0 Å². The SMILES string of the molecule is CCOC(=O)/C(C#N)=C/c1ccccc1-c1ncc[nH]1. The zero-order valence-electron chi connectivity index (χ0n) is 11.0. The van der Waals surface area contributed by atoms with E-state index in [1.165, 1.54) is 6.08 Å². The number of hydrogen-bond acceptors (Lipinski definition) is 4. The molecular weight excluding hydrogens is 254 g/mol. The van der Waals surface area contributed by atoms with Crippen LogP contribution in [0.3, 0.4) is 0 Å². The maximum atomic E-state index is 11.6. The molecule has 20 heavy (non-hydrogen) atoms. The summed E-state index contributed by atoms with van der Waals surface area (Å²) in [5.41, 5.74) is 1.51. The first-order valence-corrected chi connectivity index (χ1v) is 6.14. The minimum Gasteiger partial charge on any atom is -0.462 e. The number of ether oxygens (including phenoxy) is 1. The number of rotatable bonds is 4. The quantitative estimate of drug-likeness (QED) is 0.524. The van der Waals surface area contributed by atoms with Gasteiger partial charge in [-0.1, -0.05) is 24.3 Å². The summed E-state index contributed by atoms with van der Waals surface area (Å²) < 4.78 is 4.84. The molecule has 1 N–H and O–H groups in total. The maximum absolute atomic E-state index is 11.6. The van der Waals surface area contributed by atoms with Gasteiger partial charge in [0.25, 0.3) is 0 Å². The Morgan fingerprint density at radius 1 is 1.50 bits per heavy atom. The van der Waals surface area contributed by atoms with E-state index < -0.39 is 5.97 Å². The first-order chi connectivity index (χ1) is 9.76. The van der Waals surface area contributed by atoms with Crippen LogP contribution in [-0.4, -0.2) is 22.5 Å². The molecule has 0 saturated heterocycles. The molecule has 0 aliphatic rings. The molecule has 0 unspecified atom stereocenters. The van der Waals surface area contributed by atoms with Crippen LogP contribution in [0.4, 0.5) is 0 Å². The number of aromatic amines is 1. The van der Waals surface area contributed by atoms with Gasteiger partial charge in [-0.25, -0.2) is 9.78 Å². The fourth-order valence-electron chi connectivity index (χ4n) is 1.75. The third-order valence-electron chi connectivity index (χ3n) is 2.63. The van der Waals surface area contributed by atoms with Crippen molar-refractivity contribution in [3.8, 4) is 17.5 Å². The summed E-state index contributed by atoms with van der Waals surface area (Å²) in [6.45, 7) is 1.93. The molecule has 1 heterocycles. The second-order valence-corrected chi connectivity index (χ2v) is 3.92. The van der Waals surface area contributed by atoms with Gasteiger partial charge in [-0.15, -0.1) is 0 Å². The number of nitrogens with one attached hydrogen (secondary N) is 1. The molecule has 0 aliphatic heterocycles. The van der Waals surface area contributed by atoms with Crippen molar-refractivity contribution in [2.24, 2.45) is 0 Å². The van der Waals surface area contributed by atoms with Crippen LogP contribution in [0.15, 0.2) is 42.2 Å². The normalized spacial score (nSPS) is 10.9. The number of imidazole rings is 1. The Morgan fingerprint density at radius 2 is 2.30 bits per heavy atom. The lowest BCUT2D eigenvalue weighted by Crippen LogP contribution is -2.06. The lowest BCUT2D eigenvalue weighted by atomic mass is 10.0. The van der Waals surface area contributed by atoms with Crippen LogP contribution >= 0.6 is 0 Å². The number of benzene rings is 1. The molecule has 2 rings (SSSR count). The number of nitrogens with zero attached hydrogens (tertiary/aromatic N) is 2. The van der Waals surface area contributed by atoms with E-state index in [2.05, 4.69) is 9.97 Å². The van der Waals surface area contributed by atoms with E-state index in [1.54, 1.807) is 19.3 Å². The molecule has 2 aromatic rings. The number of nitriles is 1. The third-order valence-corrected chi connectivity index (χ3v) is 2.63. The van der Waals surface area contributed by atoms with Gasteiger partial charge in [0.15, 0.2) is 0 Å². The van der Waals surface area contributed by atoms with E-state index in [9.17, 15) is 4.79 Å². The summed E-state index contributed by atoms with van der Waals surface area (Å²) in [7, 11) is 0. The van der Waals surface area contributed by atoms with Gasteiger partial charge in [-0.3, -0.25) is 0 Å². The number of carbonyl (C=O) groups is 1. The molecule has 1 aromatic heterocycles. The molecule has 0 radical (unpaired) electrons. The predicted molar refractivity (Wildman–Crippen MR) is 74.2 cm³/mol. The van der Waals surface area contributed by atoms with Gasteiger partial charge in [0.05, 0.1) is 6.61 Å². The van der Waals surface area contributed by atoms with Crippen molar-refractivity contribution < 1.29 is 9.53 Å². The van der Waals surface area contributed by atoms with E-state index in [0.717, 1.165) is 11.1 Å². The van der Waals surface area contributed by atoms with E-state index in [0.29, 0.717) is 5.82 Å². The smallest absolute Gasteiger partial charge is 0.348 e. The fourth-order valence-corrected chi connectivity index (χ4v) is 1.75. The van der Waals surface area contributed by atoms with E-state index in [1.807, 2.05) is 30.3 Å². The predicted octanol–water partition coefficient (Wildman–Crippen LogP) is 2.55. The Balaban J connectivity index is 2.43. The monoisotopic (exact) mass is 267 g/mol. The van der Waals surface area contributed by atoms with Gasteiger partial charge in [-0.05, 0) is 18.6 Å². The Morgan fingerprint density at radius 3 is 2.95 bits per heavy atom. The summed E-state index contributed by atoms with van der Waals surface area (Å²) in [6, 6.07) is 9.24. The number of carbonyl (C=O) groups excluding carboxylic acids is 1. The maximum Gasteiger partial charge on any atom is 0.348 e. The molecule has 0 saturated carbocycles. The molecule has 0 bridgehead atoms. The number of aromatic nitrogens is 2. The largest absolute Gasteiger partial charge is 0.462 e. The summed E-state index contributed by atoms with van der Waals surface area (Å²) in [4.78, 5) is 18.8. The van der Waals surface area contributed by atoms with Crippen molar-refractivity contribution >= 4 is 12.0 Å². The molecule has 100 valence electrons. The van der Waals surface area contributed by atoms with E-state index in [4.69, 9.17) is 10.00 Å². The second-order valence-electron chi connectivity index (χ2n) is 3.92. The third kappa shape index (κ3) is 2.93. The van der Waals surface area contributed by atoms with E-state index >= 15 is 0 Å². The van der Waals surface area contributed by atoms with Crippen LogP contribution in [0.1, 0.15) is 12.5 Å². The molecule has 1 aromatic carbocycles. The minimum atomic E-state index is -0.621. The highest BCUT2D eigenvalue weighted by Gasteiger charge is 2.12. The number of hydrogen-bond donors (Lipinski definition) is 1. The average molecular weight is 267 g/mol. The first kappa shape index (κ1) is 13.6. The summed E-state index contributed by atoms with van der Waals surface area (Å²) >= 11 is 0. The fraction of sp³-hybridized carbons (Fsp3) is 0.133. The molecule has 5 nitrogen and oxygen atoms in total. The highest BCUT2D eigenvalue weighted by atomic mass is 16.5. The van der Waals surface area contributed by atoms with Gasteiger partial charge in [0.1, 0.15) is 17.5 Å². The molecule has 0 atom stereocenters. The summed E-state index contributed by atoms with van der Waals surface area (Å²) in [6.07, 6.45) is 4.87. The van der Waals surface area contributed by atoms with Crippen LogP contribution < -0.4 is 0 Å². The van der Waals surface area contributed by atoms with Gasteiger partial charge in [0.2, 0.25) is 0 Å². The van der Waals surface area contributed by atoms with Crippen LogP contribution in [0.2, 0.25) is 0 Å². The molecule has 0 amide bonds. The molecular formula is C15H13N3O2. The highest BCUT2D eigenvalue weighted by Crippen LogP contribution is 2.22. The first-order valence-electron chi connectivity index (χ1n) is 6.14. The molecule has 0 aliphatic carbocycles. The minimum absolute atomic E-state index is 0.0362. The summed E-state index contributed by atoms with van der Waals surface area (Å²) in [5.74, 6) is 0.0576. The van der Waals surface area contributed by atoms with Crippen molar-refractivity contribution in [2.45, 2.75) is 6.92 Å². The Labute approximate surface area is 116 Å². The van der Waals surface area contributed by atoms with Crippen LogP contribution in [-0.2, 0) is 9.53 Å². The zero-order valence-corrected chi connectivity index (χ0v) is 11.0. The van der Waals surface area contributed by atoms with Gasteiger partial charge in [-0.2, -0.15) is 5.26 Å². The van der Waals surface area contributed by atoms with E-state index in [-0.39, 0.29) is 12.2 Å². The molecule has 0 fully saturated rings. The number of H-pyrrole nitrogens is 1. The van der Waals surface area contributed by atoms with Gasteiger partial charge in [0, 0.05) is 18.0 Å². The van der Waals surface area contributed by atoms with Gasteiger partial charge >= 0.3 is 5.97 Å². The lowest BCUT2D eigenvalue weighted by Gasteiger charge is -2.04. The lowest BCUT2D eigenvalue weighted by molar-refractivity contribution is -0.137. The average Bonchev–Trinajstić information content (AvgIpc) is 2.99. The van der Waals surface area contributed by atoms with Crippen LogP contribution in [0.5, 0.6) is 0 Å². The van der Waals surface area contributed by atoms with Crippen molar-refractivity contribution in [1.82, 2.24) is 9.97 Å². The van der Waals surface area contributed by atoms with Crippen LogP contribution in [0.25, 0.3) is 17.5 Å². The van der Waals surface area contributed by atoms with Gasteiger partial charge < -0.3 is 9.72 Å². The zero-order chi connectivity index (χ0) is 14.4. The Kier molecular flexibility index (Phi) is 4.30. The summed E-state index contributed by atoms with van der Waals surface area (Å²) in [5, 5.41) is 9.06. The topological polar surface area (TPSA) is 78.8 Å². The van der Waals surface area contributed by atoms with Crippen LogP contribution in [0, 0.1) is 11.3 Å². The Hall–Kier alpha value is -2.87. The van der Waals surface area contributed by atoms with Crippen molar-refractivity contribution in [3.05, 3.63) is 47.8 Å². The second kappa shape index (κ2) is 6.34. The standard InChI is InChI=1S/C15H13N3O2/c1-2-20-15(19)12(10-16)9-11-5-3-4-6-13(11)14-17-7-8-18-14/h3-9H,2H2,1H3,(H,17,18)/b12-9+.